The molecule has 1 unspecified atom stereocenters. The quantitative estimate of drug-likeness (QED) is 0.460. The van der Waals surface area contributed by atoms with Gasteiger partial charge < -0.3 is 15.0 Å². The number of aromatic nitrogens is 3. The molecule has 1 aliphatic heterocycles. The number of pyridine rings is 1. The lowest BCUT2D eigenvalue weighted by molar-refractivity contribution is -0.143. The highest BCUT2D eigenvalue weighted by molar-refractivity contribution is 5.82. The molecular formula is C28H28F4N4O3. The fourth-order valence-electron chi connectivity index (χ4n) is 5.14. The second-order valence-corrected chi connectivity index (χ2v) is 10.6. The fraction of sp³-hybridized carbons (Fsp3) is 0.429. The van der Waals surface area contributed by atoms with Gasteiger partial charge in [0.1, 0.15) is 11.6 Å². The summed E-state index contributed by atoms with van der Waals surface area (Å²) in [5.74, 6) is -1.86. The molecular weight excluding hydrogens is 516 g/mol. The van der Waals surface area contributed by atoms with Crippen molar-refractivity contribution < 1.29 is 27.5 Å². The van der Waals surface area contributed by atoms with Gasteiger partial charge in [0, 0.05) is 24.5 Å². The van der Waals surface area contributed by atoms with Gasteiger partial charge in [-0.1, -0.05) is 32.0 Å². The summed E-state index contributed by atoms with van der Waals surface area (Å²) < 4.78 is 54.0. The van der Waals surface area contributed by atoms with Gasteiger partial charge in [-0.3, -0.25) is 14.6 Å². The first-order valence-corrected chi connectivity index (χ1v) is 12.8. The smallest absolute Gasteiger partial charge is 0.378 e. The third-order valence-corrected chi connectivity index (χ3v) is 7.65. The predicted octanol–water partition coefficient (Wildman–Crippen LogP) is 4.53. The molecule has 7 nitrogen and oxygen atoms in total. The number of carbonyl (C=O) groups excluding carboxylic acids is 1. The Labute approximate surface area is 221 Å². The van der Waals surface area contributed by atoms with Crippen molar-refractivity contribution in [2.24, 2.45) is 0 Å². The summed E-state index contributed by atoms with van der Waals surface area (Å²) in [6.45, 7) is 4.07. The molecule has 2 aromatic heterocycles. The van der Waals surface area contributed by atoms with E-state index in [-0.39, 0.29) is 24.6 Å². The lowest BCUT2D eigenvalue weighted by Gasteiger charge is -2.24. The summed E-state index contributed by atoms with van der Waals surface area (Å²) >= 11 is 0. The number of nitrogens with zero attached hydrogens (tertiary/aromatic N) is 3. The molecule has 39 heavy (non-hydrogen) atoms. The van der Waals surface area contributed by atoms with E-state index in [9.17, 15) is 32.3 Å². The van der Waals surface area contributed by atoms with Gasteiger partial charge in [-0.15, -0.1) is 0 Å². The molecule has 2 N–H and O–H groups in total. The molecule has 3 heterocycles. The van der Waals surface area contributed by atoms with E-state index in [0.29, 0.717) is 30.4 Å². The van der Waals surface area contributed by atoms with Crippen LogP contribution < -0.4 is 5.56 Å². The molecule has 1 amide bonds. The number of halogens is 4. The number of fused-ring (bicyclic) bond motifs is 1. The third kappa shape index (κ3) is 4.95. The minimum atomic E-state index is -4.98. The van der Waals surface area contributed by atoms with Crippen molar-refractivity contribution in [3.8, 4) is 0 Å². The number of carbonyl (C=O) groups is 1. The number of hydrogen-bond acceptors (Lipinski definition) is 5. The van der Waals surface area contributed by atoms with Crippen LogP contribution >= 0.6 is 0 Å². The SMILES string of the molecule is CC(C)c1cncc(C2(c3nc4c(c(=O)[nH]3)CN(C(=O)C(O)c3cccc(C(F)(F)F)c3F)CCC4)CC2)c1. The van der Waals surface area contributed by atoms with Crippen molar-refractivity contribution in [1.29, 1.82) is 0 Å². The van der Waals surface area contributed by atoms with Crippen molar-refractivity contribution in [2.45, 2.75) is 69.7 Å². The first-order valence-electron chi connectivity index (χ1n) is 12.8. The number of alkyl halides is 3. The van der Waals surface area contributed by atoms with E-state index < -0.39 is 46.1 Å². The van der Waals surface area contributed by atoms with Crippen LogP contribution in [-0.4, -0.2) is 37.4 Å². The molecule has 1 fully saturated rings. The summed E-state index contributed by atoms with van der Waals surface area (Å²) in [5.41, 5.74) is -0.360. The molecule has 3 aromatic rings. The molecule has 11 heteroatoms. The Morgan fingerprint density at radius 3 is 2.62 bits per heavy atom. The topological polar surface area (TPSA) is 99.2 Å². The molecule has 5 rings (SSSR count). The number of aromatic amines is 1. The molecule has 0 saturated heterocycles. The average molecular weight is 545 g/mol. The number of aliphatic hydroxyl groups is 1. The lowest BCUT2D eigenvalue weighted by atomic mass is 9.93. The summed E-state index contributed by atoms with van der Waals surface area (Å²) in [6, 6.07) is 4.51. The normalized spacial score (nSPS) is 17.5. The first-order chi connectivity index (χ1) is 18.4. The van der Waals surface area contributed by atoms with E-state index in [1.165, 1.54) is 0 Å². The first kappa shape index (κ1) is 27.0. The Morgan fingerprint density at radius 2 is 1.95 bits per heavy atom. The Balaban J connectivity index is 1.42. The van der Waals surface area contributed by atoms with Gasteiger partial charge >= 0.3 is 6.18 Å². The van der Waals surface area contributed by atoms with Crippen molar-refractivity contribution >= 4 is 5.91 Å². The van der Waals surface area contributed by atoms with Gasteiger partial charge in [0.15, 0.2) is 6.10 Å². The van der Waals surface area contributed by atoms with Gasteiger partial charge in [-0.25, -0.2) is 9.37 Å². The number of aliphatic hydroxyl groups excluding tert-OH is 1. The summed E-state index contributed by atoms with van der Waals surface area (Å²) in [7, 11) is 0. The highest BCUT2D eigenvalue weighted by atomic mass is 19.4. The van der Waals surface area contributed by atoms with E-state index in [1.54, 1.807) is 6.20 Å². The van der Waals surface area contributed by atoms with Crippen LogP contribution in [0.2, 0.25) is 0 Å². The van der Waals surface area contributed by atoms with E-state index in [2.05, 4.69) is 29.9 Å². The Morgan fingerprint density at radius 1 is 1.21 bits per heavy atom. The maximum absolute atomic E-state index is 14.6. The van der Waals surface area contributed by atoms with Gasteiger partial charge in [-0.05, 0) is 48.8 Å². The summed E-state index contributed by atoms with van der Waals surface area (Å²) in [6.07, 6.45) is -1.12. The average Bonchev–Trinajstić information content (AvgIpc) is 3.72. The number of nitrogens with one attached hydrogen (secondary N) is 1. The predicted molar refractivity (Wildman–Crippen MR) is 133 cm³/mol. The van der Waals surface area contributed by atoms with Crippen LogP contribution in [0.25, 0.3) is 0 Å². The van der Waals surface area contributed by atoms with Crippen LogP contribution in [-0.2, 0) is 29.4 Å². The van der Waals surface area contributed by atoms with Gasteiger partial charge in [0.2, 0.25) is 0 Å². The van der Waals surface area contributed by atoms with Crippen LogP contribution in [0.5, 0.6) is 0 Å². The number of hydrogen-bond donors (Lipinski definition) is 2. The molecule has 0 spiro atoms. The van der Waals surface area contributed by atoms with Crippen LogP contribution in [0.15, 0.2) is 41.5 Å². The van der Waals surface area contributed by atoms with Crippen molar-refractivity contribution in [1.82, 2.24) is 19.9 Å². The highest BCUT2D eigenvalue weighted by Gasteiger charge is 2.49. The van der Waals surface area contributed by atoms with Crippen LogP contribution in [0.1, 0.15) is 84.5 Å². The second kappa shape index (κ2) is 9.86. The molecule has 0 radical (unpaired) electrons. The minimum Gasteiger partial charge on any atom is -0.378 e. The number of rotatable bonds is 5. The highest BCUT2D eigenvalue weighted by Crippen LogP contribution is 2.52. The molecule has 1 aliphatic carbocycles. The van der Waals surface area contributed by atoms with Crippen molar-refractivity contribution in [2.75, 3.05) is 6.54 Å². The van der Waals surface area contributed by atoms with Gasteiger partial charge in [0.05, 0.1) is 28.8 Å². The van der Waals surface area contributed by atoms with E-state index in [4.69, 9.17) is 4.98 Å². The van der Waals surface area contributed by atoms with Crippen molar-refractivity contribution in [3.63, 3.8) is 0 Å². The minimum absolute atomic E-state index is 0.118. The third-order valence-electron chi connectivity index (χ3n) is 7.65. The molecule has 1 atom stereocenters. The molecule has 206 valence electrons. The zero-order valence-electron chi connectivity index (χ0n) is 21.5. The number of amides is 1. The molecule has 1 saturated carbocycles. The fourth-order valence-corrected chi connectivity index (χ4v) is 5.14. The Hall–Kier alpha value is -3.60. The number of aryl methyl sites for hydroxylation is 1. The van der Waals surface area contributed by atoms with Gasteiger partial charge in [-0.2, -0.15) is 13.2 Å². The van der Waals surface area contributed by atoms with Crippen LogP contribution in [0, 0.1) is 5.82 Å². The van der Waals surface area contributed by atoms with Gasteiger partial charge in [0.25, 0.3) is 11.5 Å². The summed E-state index contributed by atoms with van der Waals surface area (Å²) in [5, 5.41) is 10.6. The van der Waals surface area contributed by atoms with Crippen LogP contribution in [0.3, 0.4) is 0 Å². The number of benzene rings is 1. The number of H-pyrrole nitrogens is 1. The monoisotopic (exact) mass is 544 g/mol. The maximum atomic E-state index is 14.6. The Bertz CT molecular complexity index is 1480. The standard InChI is InChI=1S/C28H28F4N4O3/c1-15(2)16-11-17(13-33-12-16)27(8-9-27)26-34-21-7-4-10-36(14-19(21)24(38)35-26)25(39)23(37)18-5-3-6-20(22(18)29)28(30,31)32/h3,5-6,11-13,15,23,37H,4,7-10,14H2,1-2H3,(H,34,35,38). The summed E-state index contributed by atoms with van der Waals surface area (Å²) in [4.78, 5) is 39.6. The van der Waals surface area contributed by atoms with Crippen LogP contribution in [0.4, 0.5) is 17.6 Å². The van der Waals surface area contributed by atoms with E-state index in [1.807, 2.05) is 6.20 Å². The molecule has 2 aliphatic rings. The largest absolute Gasteiger partial charge is 0.419 e. The second-order valence-electron chi connectivity index (χ2n) is 10.6. The van der Waals surface area contributed by atoms with E-state index >= 15 is 0 Å². The lowest BCUT2D eigenvalue weighted by Crippen LogP contribution is -2.37. The van der Waals surface area contributed by atoms with E-state index in [0.717, 1.165) is 41.0 Å². The maximum Gasteiger partial charge on any atom is 0.419 e. The van der Waals surface area contributed by atoms with Crippen molar-refractivity contribution in [3.05, 3.63) is 92.2 Å². The molecule has 1 aromatic carbocycles. The zero-order valence-corrected chi connectivity index (χ0v) is 21.5. The zero-order chi connectivity index (χ0) is 28.1. The Kier molecular flexibility index (Phi) is 6.82. The molecule has 0 bridgehead atoms.